The minimum atomic E-state index is -0.802. The Bertz CT molecular complexity index is 554. The van der Waals surface area contributed by atoms with Gasteiger partial charge in [-0.3, -0.25) is 9.59 Å². The number of phenolic OH excluding ortho intramolecular Hbond substituents is 1. The molecule has 1 amide bonds. The number of carboxylic acids is 1. The number of aliphatic carboxylic acids is 1. The van der Waals surface area contributed by atoms with E-state index in [2.05, 4.69) is 22.6 Å². The van der Waals surface area contributed by atoms with Crippen LogP contribution in [0.5, 0.6) is 5.75 Å². The van der Waals surface area contributed by atoms with Gasteiger partial charge in [-0.25, -0.2) is 0 Å². The maximum absolute atomic E-state index is 12.4. The molecular formula is C13H13I2NO4. The second-order valence-corrected chi connectivity index (χ2v) is 7.10. The van der Waals surface area contributed by atoms with Crippen LogP contribution in [0.1, 0.15) is 23.2 Å². The molecule has 0 atom stereocenters. The highest BCUT2D eigenvalue weighted by atomic mass is 127. The zero-order valence-electron chi connectivity index (χ0n) is 10.5. The number of carbonyl (C=O) groups is 2. The molecule has 0 aromatic heterocycles. The number of hydrogen-bond donors (Lipinski definition) is 2. The SMILES string of the molecule is O=C(O)C1CCN(C(=O)c2cc(I)cc(I)c2O)CC1. The zero-order valence-corrected chi connectivity index (χ0v) is 14.8. The van der Waals surface area contributed by atoms with Crippen LogP contribution >= 0.6 is 45.2 Å². The Hall–Kier alpha value is -0.580. The molecule has 1 aromatic carbocycles. The molecule has 7 heteroatoms. The Morgan fingerprint density at radius 1 is 1.20 bits per heavy atom. The monoisotopic (exact) mass is 501 g/mol. The van der Waals surface area contributed by atoms with Gasteiger partial charge in [0, 0.05) is 16.7 Å². The molecule has 0 spiro atoms. The molecule has 1 fully saturated rings. The summed E-state index contributed by atoms with van der Waals surface area (Å²) < 4.78 is 1.52. The Morgan fingerprint density at radius 3 is 2.35 bits per heavy atom. The van der Waals surface area contributed by atoms with Crippen LogP contribution in [-0.4, -0.2) is 40.1 Å². The summed E-state index contributed by atoms with van der Waals surface area (Å²) in [4.78, 5) is 24.9. The molecule has 2 N–H and O–H groups in total. The third-order valence-corrected chi connectivity index (χ3v) is 4.84. The predicted molar refractivity (Wildman–Crippen MR) is 89.8 cm³/mol. The van der Waals surface area contributed by atoms with Crippen LogP contribution < -0.4 is 0 Å². The highest BCUT2D eigenvalue weighted by Gasteiger charge is 2.29. The van der Waals surface area contributed by atoms with E-state index in [9.17, 15) is 14.7 Å². The van der Waals surface area contributed by atoms with Crippen LogP contribution in [0.4, 0.5) is 0 Å². The number of benzene rings is 1. The summed E-state index contributed by atoms with van der Waals surface area (Å²) in [5.74, 6) is -1.41. The van der Waals surface area contributed by atoms with Crippen molar-refractivity contribution in [3.8, 4) is 5.75 Å². The van der Waals surface area contributed by atoms with Crippen LogP contribution in [0.3, 0.4) is 0 Å². The first-order valence-electron chi connectivity index (χ1n) is 6.10. The molecular weight excluding hydrogens is 488 g/mol. The van der Waals surface area contributed by atoms with Crippen molar-refractivity contribution in [3.05, 3.63) is 24.8 Å². The molecule has 0 radical (unpaired) electrons. The van der Waals surface area contributed by atoms with E-state index in [1.54, 1.807) is 17.0 Å². The summed E-state index contributed by atoms with van der Waals surface area (Å²) in [6, 6.07) is 3.45. The number of carbonyl (C=O) groups excluding carboxylic acids is 1. The maximum atomic E-state index is 12.4. The Morgan fingerprint density at radius 2 is 1.80 bits per heavy atom. The van der Waals surface area contributed by atoms with Crippen LogP contribution in [-0.2, 0) is 4.79 Å². The van der Waals surface area contributed by atoms with Crippen molar-refractivity contribution >= 4 is 57.1 Å². The number of rotatable bonds is 2. The van der Waals surface area contributed by atoms with Gasteiger partial charge in [0.05, 0.1) is 15.1 Å². The van der Waals surface area contributed by atoms with Gasteiger partial charge < -0.3 is 15.1 Å². The lowest BCUT2D eigenvalue weighted by Crippen LogP contribution is -2.40. The Kier molecular flexibility index (Phi) is 5.10. The zero-order chi connectivity index (χ0) is 14.9. The number of piperidine rings is 1. The second kappa shape index (κ2) is 6.46. The fraction of sp³-hybridized carbons (Fsp3) is 0.385. The minimum absolute atomic E-state index is 0.00336. The van der Waals surface area contributed by atoms with Crippen molar-refractivity contribution in [2.75, 3.05) is 13.1 Å². The molecule has 2 rings (SSSR count). The Labute approximate surface area is 143 Å². The second-order valence-electron chi connectivity index (χ2n) is 4.69. The highest BCUT2D eigenvalue weighted by molar-refractivity contribution is 14.1. The van der Waals surface area contributed by atoms with Crippen LogP contribution in [0, 0.1) is 13.1 Å². The van der Waals surface area contributed by atoms with E-state index >= 15 is 0 Å². The number of carboxylic acid groups (broad SMARTS) is 1. The number of halogens is 2. The number of hydrogen-bond acceptors (Lipinski definition) is 3. The van der Waals surface area contributed by atoms with Crippen LogP contribution in [0.25, 0.3) is 0 Å². The van der Waals surface area contributed by atoms with E-state index in [4.69, 9.17) is 5.11 Å². The maximum Gasteiger partial charge on any atom is 0.306 e. The largest absolute Gasteiger partial charge is 0.506 e. The van der Waals surface area contributed by atoms with Crippen molar-refractivity contribution in [2.24, 2.45) is 5.92 Å². The summed E-state index contributed by atoms with van der Waals surface area (Å²) in [6.07, 6.45) is 0.922. The van der Waals surface area contributed by atoms with Crippen molar-refractivity contribution in [3.63, 3.8) is 0 Å². The van der Waals surface area contributed by atoms with Gasteiger partial charge in [-0.05, 0) is 70.2 Å². The molecule has 1 aliphatic heterocycles. The molecule has 1 aliphatic rings. The quantitative estimate of drug-likeness (QED) is 0.612. The van der Waals surface area contributed by atoms with Crippen molar-refractivity contribution in [2.45, 2.75) is 12.8 Å². The van der Waals surface area contributed by atoms with Crippen molar-refractivity contribution in [1.29, 1.82) is 0 Å². The highest BCUT2D eigenvalue weighted by Crippen LogP contribution is 2.29. The van der Waals surface area contributed by atoms with Gasteiger partial charge in [-0.2, -0.15) is 0 Å². The first-order chi connectivity index (χ1) is 9.40. The van der Waals surface area contributed by atoms with Gasteiger partial charge in [0.1, 0.15) is 5.75 Å². The van der Waals surface area contributed by atoms with Gasteiger partial charge in [0.2, 0.25) is 0 Å². The number of amides is 1. The standard InChI is InChI=1S/C13H13I2NO4/c14-8-5-9(11(17)10(15)6-8)12(18)16-3-1-7(2-4-16)13(19)20/h5-7,17H,1-4H2,(H,19,20). The van der Waals surface area contributed by atoms with Crippen LogP contribution in [0.15, 0.2) is 12.1 Å². The summed E-state index contributed by atoms with van der Waals surface area (Å²) in [5, 5.41) is 19.0. The third-order valence-electron chi connectivity index (χ3n) is 3.39. The van der Waals surface area contributed by atoms with Gasteiger partial charge in [-0.1, -0.05) is 0 Å². The lowest BCUT2D eigenvalue weighted by molar-refractivity contribution is -0.143. The van der Waals surface area contributed by atoms with E-state index in [-0.39, 0.29) is 23.1 Å². The predicted octanol–water partition coefficient (Wildman–Crippen LogP) is 2.54. The molecule has 1 aromatic rings. The van der Waals surface area contributed by atoms with E-state index < -0.39 is 5.97 Å². The number of likely N-dealkylation sites (tertiary alicyclic amines) is 1. The molecule has 0 saturated carbocycles. The molecule has 0 aliphatic carbocycles. The molecule has 5 nitrogen and oxygen atoms in total. The number of nitrogens with zero attached hydrogens (tertiary/aromatic N) is 1. The molecule has 108 valence electrons. The van der Waals surface area contributed by atoms with Gasteiger partial charge in [0.25, 0.3) is 5.91 Å². The van der Waals surface area contributed by atoms with Gasteiger partial charge in [-0.15, -0.1) is 0 Å². The first kappa shape index (κ1) is 15.8. The fourth-order valence-corrected chi connectivity index (χ4v) is 4.07. The van der Waals surface area contributed by atoms with Gasteiger partial charge >= 0.3 is 5.97 Å². The number of aromatic hydroxyl groups is 1. The minimum Gasteiger partial charge on any atom is -0.506 e. The molecule has 0 unspecified atom stereocenters. The topological polar surface area (TPSA) is 77.8 Å². The molecule has 20 heavy (non-hydrogen) atoms. The van der Waals surface area contributed by atoms with Crippen molar-refractivity contribution < 1.29 is 19.8 Å². The van der Waals surface area contributed by atoms with Gasteiger partial charge in [0.15, 0.2) is 0 Å². The molecule has 1 saturated heterocycles. The van der Waals surface area contributed by atoms with Crippen molar-refractivity contribution in [1.82, 2.24) is 4.90 Å². The summed E-state index contributed by atoms with van der Waals surface area (Å²) >= 11 is 4.09. The summed E-state index contributed by atoms with van der Waals surface area (Å²) in [7, 11) is 0. The number of phenols is 1. The normalized spacial score (nSPS) is 16.2. The average Bonchev–Trinajstić information content (AvgIpc) is 2.42. The van der Waals surface area contributed by atoms with E-state index in [1.807, 2.05) is 22.6 Å². The van der Waals surface area contributed by atoms with E-state index in [0.29, 0.717) is 29.5 Å². The summed E-state index contributed by atoms with van der Waals surface area (Å²) in [6.45, 7) is 0.828. The molecule has 0 bridgehead atoms. The summed E-state index contributed by atoms with van der Waals surface area (Å²) in [5.41, 5.74) is 0.287. The fourth-order valence-electron chi connectivity index (χ4n) is 2.23. The smallest absolute Gasteiger partial charge is 0.306 e. The van der Waals surface area contributed by atoms with E-state index in [0.717, 1.165) is 3.57 Å². The Balaban J connectivity index is 2.15. The lowest BCUT2D eigenvalue weighted by Gasteiger charge is -2.30. The lowest BCUT2D eigenvalue weighted by atomic mass is 9.96. The first-order valence-corrected chi connectivity index (χ1v) is 8.26. The molecule has 1 heterocycles. The third kappa shape index (κ3) is 3.35. The average molecular weight is 501 g/mol. The van der Waals surface area contributed by atoms with Crippen LogP contribution in [0.2, 0.25) is 0 Å². The van der Waals surface area contributed by atoms with E-state index in [1.165, 1.54) is 0 Å².